The van der Waals surface area contributed by atoms with Crippen molar-refractivity contribution >= 4 is 41.3 Å². The first-order valence-corrected chi connectivity index (χ1v) is 10.4. The lowest BCUT2D eigenvalue weighted by molar-refractivity contribution is 0.114. The second-order valence-electron chi connectivity index (χ2n) is 6.85. The summed E-state index contributed by atoms with van der Waals surface area (Å²) in [7, 11) is 0. The van der Waals surface area contributed by atoms with Crippen LogP contribution < -0.4 is 10.6 Å². The number of nitrogens with one attached hydrogen (secondary N) is 2. The minimum absolute atomic E-state index is 0. The Bertz CT molecular complexity index is 640. The van der Waals surface area contributed by atoms with Crippen LogP contribution in [0.5, 0.6) is 0 Å². The summed E-state index contributed by atoms with van der Waals surface area (Å²) in [5, 5.41) is 9.00. The maximum absolute atomic E-state index is 5.70. The van der Waals surface area contributed by atoms with Crippen molar-refractivity contribution in [2.75, 3.05) is 26.2 Å². The Morgan fingerprint density at radius 2 is 2.26 bits per heavy atom. The molecule has 2 aromatic rings. The Morgan fingerprint density at radius 1 is 1.33 bits per heavy atom. The van der Waals surface area contributed by atoms with E-state index in [1.54, 1.807) is 6.26 Å². The van der Waals surface area contributed by atoms with Crippen molar-refractivity contribution in [3.05, 3.63) is 46.5 Å². The Labute approximate surface area is 183 Å². The van der Waals surface area contributed by atoms with Gasteiger partial charge in [-0.05, 0) is 48.8 Å². The summed E-state index contributed by atoms with van der Waals surface area (Å²) in [6.45, 7) is 5.54. The molecule has 0 amide bonds. The second-order valence-corrected chi connectivity index (χ2v) is 7.88. The summed E-state index contributed by atoms with van der Waals surface area (Å²) in [4.78, 5) is 6.22. The molecule has 1 aliphatic heterocycles. The van der Waals surface area contributed by atoms with E-state index in [-0.39, 0.29) is 24.0 Å². The number of ether oxygens (including phenoxy) is 1. The van der Waals surface area contributed by atoms with Crippen molar-refractivity contribution in [3.8, 4) is 0 Å². The molecule has 5 nitrogen and oxygen atoms in total. The van der Waals surface area contributed by atoms with Gasteiger partial charge in [0.25, 0.3) is 0 Å². The van der Waals surface area contributed by atoms with E-state index in [1.165, 1.54) is 4.88 Å². The fourth-order valence-electron chi connectivity index (χ4n) is 3.03. The van der Waals surface area contributed by atoms with E-state index in [0.29, 0.717) is 12.0 Å². The van der Waals surface area contributed by atoms with Gasteiger partial charge in [-0.25, -0.2) is 0 Å². The van der Waals surface area contributed by atoms with E-state index in [9.17, 15) is 0 Å². The molecule has 1 aliphatic rings. The minimum atomic E-state index is 0. The Morgan fingerprint density at radius 3 is 2.96 bits per heavy atom. The van der Waals surface area contributed by atoms with E-state index in [1.807, 2.05) is 23.5 Å². The first kappa shape index (κ1) is 22.2. The van der Waals surface area contributed by atoms with Gasteiger partial charge in [-0.3, -0.25) is 4.99 Å². The number of thiophene rings is 1. The SMILES string of the molecule is CC(CN=C(NCCc1ccco1)NCC1CCCO1)Cc1cccs1.I. The Kier molecular flexibility index (Phi) is 10.2. The van der Waals surface area contributed by atoms with Crippen molar-refractivity contribution in [2.24, 2.45) is 10.9 Å². The molecule has 0 bridgehead atoms. The largest absolute Gasteiger partial charge is 0.469 e. The lowest BCUT2D eigenvalue weighted by Gasteiger charge is -2.16. The monoisotopic (exact) mass is 503 g/mol. The van der Waals surface area contributed by atoms with E-state index in [2.05, 4.69) is 35.1 Å². The van der Waals surface area contributed by atoms with Gasteiger partial charge in [0, 0.05) is 37.5 Å². The van der Waals surface area contributed by atoms with E-state index >= 15 is 0 Å². The minimum Gasteiger partial charge on any atom is -0.469 e. The Balaban J connectivity index is 0.00000261. The van der Waals surface area contributed by atoms with Crippen molar-refractivity contribution in [1.29, 1.82) is 0 Å². The molecule has 2 atom stereocenters. The van der Waals surface area contributed by atoms with Crippen LogP contribution in [0.1, 0.15) is 30.4 Å². The fourth-order valence-corrected chi connectivity index (χ4v) is 3.90. The molecule has 1 saturated heterocycles. The van der Waals surface area contributed by atoms with Gasteiger partial charge >= 0.3 is 0 Å². The number of furan rings is 1. The normalized spacial score (nSPS) is 18.1. The summed E-state index contributed by atoms with van der Waals surface area (Å²) in [6.07, 6.45) is 6.22. The first-order chi connectivity index (χ1) is 12.8. The van der Waals surface area contributed by atoms with Crippen LogP contribution in [0, 0.1) is 5.92 Å². The predicted octanol–water partition coefficient (Wildman–Crippen LogP) is 4.09. The third-order valence-corrected chi connectivity index (χ3v) is 5.35. The van der Waals surface area contributed by atoms with Crippen LogP contribution >= 0.6 is 35.3 Å². The van der Waals surface area contributed by atoms with Gasteiger partial charge in [-0.1, -0.05) is 13.0 Å². The van der Waals surface area contributed by atoms with Crippen LogP contribution in [0.3, 0.4) is 0 Å². The molecule has 1 fully saturated rings. The van der Waals surface area contributed by atoms with Gasteiger partial charge in [-0.15, -0.1) is 35.3 Å². The van der Waals surface area contributed by atoms with Crippen LogP contribution in [0.2, 0.25) is 0 Å². The van der Waals surface area contributed by atoms with Crippen molar-refractivity contribution in [3.63, 3.8) is 0 Å². The highest BCUT2D eigenvalue weighted by Crippen LogP contribution is 2.14. The van der Waals surface area contributed by atoms with Crippen LogP contribution in [0.25, 0.3) is 0 Å². The molecule has 2 unspecified atom stereocenters. The maximum atomic E-state index is 5.70. The van der Waals surface area contributed by atoms with Gasteiger partial charge < -0.3 is 19.8 Å². The van der Waals surface area contributed by atoms with Gasteiger partial charge in [0.15, 0.2) is 5.96 Å². The number of halogens is 1. The van der Waals surface area contributed by atoms with E-state index in [4.69, 9.17) is 14.1 Å². The standard InChI is InChI=1S/C20H29N3O2S.HI/c1-16(13-19-7-4-12-26-19)14-22-20(23-15-18-6-3-11-25-18)21-9-8-17-5-2-10-24-17;/h2,4-5,7,10,12,16,18H,3,6,8-9,11,13-15H2,1H3,(H2,21,22,23);1H. The zero-order chi connectivity index (χ0) is 18.0. The molecular formula is C20H30IN3O2S. The molecule has 0 spiro atoms. The lowest BCUT2D eigenvalue weighted by Crippen LogP contribution is -2.42. The number of aliphatic imine (C=N–C) groups is 1. The predicted molar refractivity (Wildman–Crippen MR) is 122 cm³/mol. The third kappa shape index (κ3) is 8.23. The van der Waals surface area contributed by atoms with Crippen LogP contribution in [-0.2, 0) is 17.6 Å². The average Bonchev–Trinajstić information content (AvgIpc) is 3.40. The summed E-state index contributed by atoms with van der Waals surface area (Å²) >= 11 is 1.82. The van der Waals surface area contributed by atoms with Crippen LogP contribution in [0.15, 0.2) is 45.3 Å². The number of guanidine groups is 1. The highest BCUT2D eigenvalue weighted by molar-refractivity contribution is 14.0. The smallest absolute Gasteiger partial charge is 0.191 e. The van der Waals surface area contributed by atoms with Gasteiger partial charge in [0.2, 0.25) is 0 Å². The quantitative estimate of drug-likeness (QED) is 0.308. The second kappa shape index (κ2) is 12.4. The highest BCUT2D eigenvalue weighted by Gasteiger charge is 2.15. The average molecular weight is 503 g/mol. The Hall–Kier alpha value is -1.06. The molecule has 27 heavy (non-hydrogen) atoms. The molecule has 0 aromatic carbocycles. The van der Waals surface area contributed by atoms with Crippen LogP contribution in [0.4, 0.5) is 0 Å². The summed E-state index contributed by atoms with van der Waals surface area (Å²) in [5.41, 5.74) is 0. The van der Waals surface area contributed by atoms with Gasteiger partial charge in [-0.2, -0.15) is 0 Å². The lowest BCUT2D eigenvalue weighted by atomic mass is 10.1. The van der Waals surface area contributed by atoms with Gasteiger partial charge in [0.05, 0.1) is 12.4 Å². The number of nitrogens with zero attached hydrogens (tertiary/aromatic N) is 1. The van der Waals surface area contributed by atoms with Crippen molar-refractivity contribution < 1.29 is 9.15 Å². The number of rotatable bonds is 9. The molecule has 7 heteroatoms. The molecule has 0 saturated carbocycles. The van der Waals surface area contributed by atoms with Gasteiger partial charge in [0.1, 0.15) is 5.76 Å². The molecule has 150 valence electrons. The van der Waals surface area contributed by atoms with Crippen molar-refractivity contribution in [2.45, 2.75) is 38.7 Å². The molecule has 2 aromatic heterocycles. The summed E-state index contributed by atoms with van der Waals surface area (Å²) < 4.78 is 11.1. The zero-order valence-electron chi connectivity index (χ0n) is 15.9. The fraction of sp³-hybridized carbons (Fsp3) is 0.550. The summed E-state index contributed by atoms with van der Waals surface area (Å²) in [5.74, 6) is 2.37. The molecule has 0 radical (unpaired) electrons. The number of hydrogen-bond donors (Lipinski definition) is 2. The third-order valence-electron chi connectivity index (χ3n) is 4.46. The molecule has 3 rings (SSSR count). The summed E-state index contributed by atoms with van der Waals surface area (Å²) in [6, 6.07) is 8.23. The molecule has 0 aliphatic carbocycles. The molecular weight excluding hydrogens is 473 g/mol. The topological polar surface area (TPSA) is 58.8 Å². The maximum Gasteiger partial charge on any atom is 0.191 e. The zero-order valence-corrected chi connectivity index (χ0v) is 19.0. The van der Waals surface area contributed by atoms with Crippen LogP contribution in [-0.4, -0.2) is 38.3 Å². The van der Waals surface area contributed by atoms with E-state index < -0.39 is 0 Å². The molecule has 2 N–H and O–H groups in total. The van der Waals surface area contributed by atoms with Crippen molar-refractivity contribution in [1.82, 2.24) is 10.6 Å². The van der Waals surface area contributed by atoms with E-state index in [0.717, 1.165) is 63.6 Å². The first-order valence-electron chi connectivity index (χ1n) is 9.48. The highest BCUT2D eigenvalue weighted by atomic mass is 127. The molecule has 3 heterocycles. The number of hydrogen-bond acceptors (Lipinski definition) is 4.